The SMILES string of the molecule is C#CC1=Cc2cc(-n3nc(C)c4c3CC(C)(C)CC4=O)cc(NC3CCCCC3)c2C(=C)N1. The average Bonchev–Trinajstić information content (AvgIpc) is 3.09. The Kier molecular flexibility index (Phi) is 5.20. The quantitative estimate of drug-likeness (QED) is 0.608. The van der Waals surface area contributed by atoms with Gasteiger partial charge in [-0.25, -0.2) is 4.68 Å². The summed E-state index contributed by atoms with van der Waals surface area (Å²) in [6.07, 6.45) is 15.2. The highest BCUT2D eigenvalue weighted by Crippen LogP contribution is 2.39. The average molecular weight is 441 g/mol. The fourth-order valence-corrected chi connectivity index (χ4v) is 5.65. The molecule has 2 N–H and O–H groups in total. The molecule has 0 bridgehead atoms. The Labute approximate surface area is 196 Å². The summed E-state index contributed by atoms with van der Waals surface area (Å²) in [6.45, 7) is 10.5. The van der Waals surface area contributed by atoms with Gasteiger partial charge in [-0.05, 0) is 55.4 Å². The van der Waals surface area contributed by atoms with Crippen LogP contribution in [0.3, 0.4) is 0 Å². The number of benzene rings is 1. The van der Waals surface area contributed by atoms with Crippen molar-refractivity contribution in [1.82, 2.24) is 15.1 Å². The number of anilines is 1. The van der Waals surface area contributed by atoms with E-state index in [4.69, 9.17) is 11.5 Å². The molecule has 2 aromatic rings. The molecule has 2 aliphatic carbocycles. The third-order valence-corrected chi connectivity index (χ3v) is 7.13. The first kappa shape index (κ1) is 21.6. The first-order valence-corrected chi connectivity index (χ1v) is 12.0. The van der Waals surface area contributed by atoms with Gasteiger partial charge in [0.25, 0.3) is 0 Å². The van der Waals surface area contributed by atoms with Gasteiger partial charge in [-0.3, -0.25) is 4.79 Å². The zero-order valence-corrected chi connectivity index (χ0v) is 19.8. The van der Waals surface area contributed by atoms with E-state index in [0.29, 0.717) is 18.2 Å². The molecular formula is C28H32N4O. The highest BCUT2D eigenvalue weighted by atomic mass is 16.1. The lowest BCUT2D eigenvalue weighted by molar-refractivity contribution is 0.0910. The number of nitrogens with zero attached hydrogens (tertiary/aromatic N) is 2. The van der Waals surface area contributed by atoms with Gasteiger partial charge < -0.3 is 10.6 Å². The molecule has 5 heteroatoms. The number of Topliss-reactive ketones (excluding diaryl/α,β-unsaturated/α-hetero) is 1. The van der Waals surface area contributed by atoms with Crippen molar-refractivity contribution < 1.29 is 4.79 Å². The summed E-state index contributed by atoms with van der Waals surface area (Å²) in [5.41, 5.74) is 8.08. The summed E-state index contributed by atoms with van der Waals surface area (Å²) < 4.78 is 1.98. The van der Waals surface area contributed by atoms with Crippen LogP contribution in [0.5, 0.6) is 0 Å². The summed E-state index contributed by atoms with van der Waals surface area (Å²) in [5.74, 6) is 2.90. The van der Waals surface area contributed by atoms with Crippen LogP contribution in [0.25, 0.3) is 17.5 Å². The molecule has 0 saturated heterocycles. The van der Waals surface area contributed by atoms with E-state index in [1.165, 1.54) is 32.1 Å². The number of nitrogens with one attached hydrogen (secondary N) is 2. The zero-order valence-electron chi connectivity index (χ0n) is 19.8. The van der Waals surface area contributed by atoms with Crippen LogP contribution in [-0.2, 0) is 6.42 Å². The predicted octanol–water partition coefficient (Wildman–Crippen LogP) is 5.63. The minimum atomic E-state index is -0.0829. The molecule has 1 saturated carbocycles. The molecule has 1 fully saturated rings. The van der Waals surface area contributed by atoms with Crippen LogP contribution >= 0.6 is 0 Å². The van der Waals surface area contributed by atoms with Gasteiger partial charge in [0.15, 0.2) is 5.78 Å². The number of carbonyl (C=O) groups is 1. The van der Waals surface area contributed by atoms with Gasteiger partial charge in [0, 0.05) is 29.4 Å². The minimum Gasteiger partial charge on any atom is -0.382 e. The van der Waals surface area contributed by atoms with Gasteiger partial charge in [0.05, 0.1) is 28.3 Å². The highest BCUT2D eigenvalue weighted by molar-refractivity contribution is 6.00. The van der Waals surface area contributed by atoms with E-state index in [2.05, 4.69) is 49.1 Å². The van der Waals surface area contributed by atoms with Gasteiger partial charge in [-0.2, -0.15) is 5.10 Å². The first-order valence-electron chi connectivity index (χ1n) is 12.0. The van der Waals surface area contributed by atoms with E-state index in [1.54, 1.807) is 0 Å². The molecule has 3 aliphatic rings. The summed E-state index contributed by atoms with van der Waals surface area (Å²) in [7, 11) is 0. The minimum absolute atomic E-state index is 0.0829. The number of rotatable bonds is 3. The first-order chi connectivity index (χ1) is 15.8. The van der Waals surface area contributed by atoms with Gasteiger partial charge >= 0.3 is 0 Å². The molecule has 2 heterocycles. The van der Waals surface area contributed by atoms with Crippen molar-refractivity contribution >= 4 is 23.2 Å². The lowest BCUT2D eigenvalue weighted by Crippen LogP contribution is -2.28. The topological polar surface area (TPSA) is 59.0 Å². The number of aromatic nitrogens is 2. The van der Waals surface area contributed by atoms with Crippen molar-refractivity contribution in [3.05, 3.63) is 52.5 Å². The molecule has 1 aliphatic heterocycles. The van der Waals surface area contributed by atoms with Gasteiger partial charge in [0.2, 0.25) is 0 Å². The predicted molar refractivity (Wildman–Crippen MR) is 134 cm³/mol. The summed E-state index contributed by atoms with van der Waals surface area (Å²) >= 11 is 0. The number of fused-ring (bicyclic) bond motifs is 2. The molecule has 1 aromatic carbocycles. The molecule has 5 nitrogen and oxygen atoms in total. The fourth-order valence-electron chi connectivity index (χ4n) is 5.65. The standard InChI is InChI=1S/C28H32N4O/c1-6-20-12-19-13-22(32-24-15-28(4,5)16-25(33)27(24)18(3)31-32)14-23(26(19)17(2)29-20)30-21-10-8-7-9-11-21/h1,12-14,21,29-30H,2,7-11,15-16H2,3-5H3. The summed E-state index contributed by atoms with van der Waals surface area (Å²) in [5, 5.41) is 11.9. The number of carbonyl (C=O) groups excluding carboxylic acids is 1. The molecule has 0 radical (unpaired) electrons. The van der Waals surface area contributed by atoms with Gasteiger partial charge in [-0.1, -0.05) is 45.6 Å². The van der Waals surface area contributed by atoms with Crippen molar-refractivity contribution in [3.8, 4) is 18.0 Å². The number of terminal acetylenes is 1. The second-order valence-electron chi connectivity index (χ2n) is 10.5. The Morgan fingerprint density at radius 1 is 1.21 bits per heavy atom. The Hall–Kier alpha value is -3.26. The smallest absolute Gasteiger partial charge is 0.167 e. The molecule has 170 valence electrons. The third-order valence-electron chi connectivity index (χ3n) is 7.13. The van der Waals surface area contributed by atoms with Crippen LogP contribution in [0, 0.1) is 24.7 Å². The van der Waals surface area contributed by atoms with E-state index in [-0.39, 0.29) is 11.2 Å². The Bertz CT molecular complexity index is 1230. The van der Waals surface area contributed by atoms with E-state index in [0.717, 1.165) is 51.6 Å². The summed E-state index contributed by atoms with van der Waals surface area (Å²) in [4.78, 5) is 12.9. The molecule has 33 heavy (non-hydrogen) atoms. The van der Waals surface area contributed by atoms with Crippen LogP contribution < -0.4 is 10.6 Å². The summed E-state index contributed by atoms with van der Waals surface area (Å²) in [6, 6.07) is 4.72. The third kappa shape index (κ3) is 3.88. The second-order valence-corrected chi connectivity index (χ2v) is 10.5. The van der Waals surface area contributed by atoms with Crippen LogP contribution in [0.15, 0.2) is 24.4 Å². The van der Waals surface area contributed by atoms with Crippen molar-refractivity contribution in [3.63, 3.8) is 0 Å². The Balaban J connectivity index is 1.67. The molecule has 1 aromatic heterocycles. The molecule has 0 spiro atoms. The number of allylic oxidation sites excluding steroid dienone is 1. The van der Waals surface area contributed by atoms with Gasteiger partial charge in [-0.15, -0.1) is 6.42 Å². The molecule has 0 unspecified atom stereocenters. The largest absolute Gasteiger partial charge is 0.382 e. The Morgan fingerprint density at radius 2 is 1.97 bits per heavy atom. The molecular weight excluding hydrogens is 408 g/mol. The Morgan fingerprint density at radius 3 is 2.70 bits per heavy atom. The fraction of sp³-hybridized carbons (Fsp3) is 0.429. The van der Waals surface area contributed by atoms with Crippen LogP contribution in [0.1, 0.15) is 85.2 Å². The van der Waals surface area contributed by atoms with E-state index < -0.39 is 0 Å². The maximum atomic E-state index is 12.9. The number of aryl methyl sites for hydroxylation is 1. The molecule has 5 rings (SSSR count). The van der Waals surface area contributed by atoms with Crippen LogP contribution in [-0.4, -0.2) is 21.6 Å². The second kappa shape index (κ2) is 7.95. The lowest BCUT2D eigenvalue weighted by Gasteiger charge is -2.30. The van der Waals surface area contributed by atoms with Crippen LogP contribution in [0.4, 0.5) is 5.69 Å². The van der Waals surface area contributed by atoms with Crippen molar-refractivity contribution in [2.75, 3.05) is 5.32 Å². The van der Waals surface area contributed by atoms with Crippen molar-refractivity contribution in [1.29, 1.82) is 0 Å². The highest BCUT2D eigenvalue weighted by Gasteiger charge is 2.36. The number of ketones is 1. The van der Waals surface area contributed by atoms with Crippen molar-refractivity contribution in [2.24, 2.45) is 5.41 Å². The normalized spacial score (nSPS) is 19.8. The number of hydrogen-bond donors (Lipinski definition) is 2. The maximum absolute atomic E-state index is 12.9. The van der Waals surface area contributed by atoms with E-state index in [1.807, 2.05) is 17.7 Å². The maximum Gasteiger partial charge on any atom is 0.167 e. The van der Waals surface area contributed by atoms with Gasteiger partial charge in [0.1, 0.15) is 0 Å². The zero-order chi connectivity index (χ0) is 23.3. The molecule has 0 amide bonds. The van der Waals surface area contributed by atoms with E-state index in [9.17, 15) is 4.79 Å². The monoisotopic (exact) mass is 440 g/mol. The van der Waals surface area contributed by atoms with Crippen LogP contribution in [0.2, 0.25) is 0 Å². The molecule has 0 atom stereocenters. The van der Waals surface area contributed by atoms with Crippen molar-refractivity contribution in [2.45, 2.75) is 71.8 Å². The lowest BCUT2D eigenvalue weighted by atomic mass is 9.75. The number of hydrogen-bond acceptors (Lipinski definition) is 4. The van der Waals surface area contributed by atoms with E-state index >= 15 is 0 Å².